The molecule has 4 saturated heterocycles. The molecule has 16 atom stereocenters. The predicted octanol–water partition coefficient (Wildman–Crippen LogP) is 5.51. The molecule has 0 aromatic carbocycles. The summed E-state index contributed by atoms with van der Waals surface area (Å²) in [6, 6.07) is 1.74. The van der Waals surface area contributed by atoms with Crippen molar-refractivity contribution in [1.82, 2.24) is 9.78 Å². The molecule has 5 aliphatic heterocycles. The van der Waals surface area contributed by atoms with Crippen molar-refractivity contribution in [2.24, 2.45) is 23.7 Å². The molecule has 1 aromatic heterocycles. The average Bonchev–Trinajstić information content (AvgIpc) is 3.86. The van der Waals surface area contributed by atoms with E-state index in [4.69, 9.17) is 37.9 Å². The number of nitrogens with zero attached hydrogens (tertiary/aromatic N) is 2. The van der Waals surface area contributed by atoms with Gasteiger partial charge in [0.2, 0.25) is 0 Å². The van der Waals surface area contributed by atoms with E-state index in [-0.39, 0.29) is 31.3 Å². The number of hydrogen-bond acceptors (Lipinski definition) is 13. The van der Waals surface area contributed by atoms with Crippen LogP contribution in [0.15, 0.2) is 65.6 Å². The molecule has 2 N–H and O–H groups in total. The van der Waals surface area contributed by atoms with Gasteiger partial charge in [-0.3, -0.25) is 14.3 Å². The highest BCUT2D eigenvalue weighted by Crippen LogP contribution is 2.48. The number of carbonyl (C=O) groups is 2. The lowest BCUT2D eigenvalue weighted by atomic mass is 9.71. The minimum absolute atomic E-state index is 0.0112. The number of carbonyl (C=O) groups excluding carboxylic acids is 2. The maximum absolute atomic E-state index is 14.3. The van der Waals surface area contributed by atoms with Crippen LogP contribution in [0.25, 0.3) is 0 Å². The zero-order chi connectivity index (χ0) is 42.9. The van der Waals surface area contributed by atoms with Crippen molar-refractivity contribution in [3.8, 4) is 0 Å². The van der Waals surface area contributed by atoms with Crippen molar-refractivity contribution in [3.63, 3.8) is 0 Å². The molecule has 1 aromatic rings. The zero-order valence-electron chi connectivity index (χ0n) is 36.4. The van der Waals surface area contributed by atoms with Gasteiger partial charge < -0.3 is 48.1 Å². The fourth-order valence-electron chi connectivity index (χ4n) is 10.1. The van der Waals surface area contributed by atoms with Crippen LogP contribution < -0.4 is 0 Å². The van der Waals surface area contributed by atoms with E-state index in [9.17, 15) is 19.8 Å². The number of aromatic nitrogens is 2. The van der Waals surface area contributed by atoms with Gasteiger partial charge in [0.1, 0.15) is 42.5 Å². The molecule has 4 unspecified atom stereocenters. The second-order valence-electron chi connectivity index (χ2n) is 18.1. The van der Waals surface area contributed by atoms with Crippen LogP contribution in [-0.2, 0) is 54.0 Å². The summed E-state index contributed by atoms with van der Waals surface area (Å²) in [5, 5.41) is 27.8. The van der Waals surface area contributed by atoms with Gasteiger partial charge in [-0.1, -0.05) is 64.5 Å². The normalized spacial score (nSPS) is 44.0. The standard InChI is InChI=1S/C46H66N2O12/c1-9-26(2)41-29(5)16-17-45(60-41)23-34-21-33(59-45)15-14-28(4)40(58-38-22-36(53-8)42(31(7)55-38)57-37(49)24-48-19-11-18-47-48)27(3)12-10-13-32-25-54-43-39(50)30(6)20-35(44(51)56-34)46(32,43)52/h10-14,18-20,26-27,29,31,33-36,38-43,50,52H,9,15-17,21-25H2,1-8H3/b12-10+,28-14+,32-13+/t26?,27-,29-,31-,33+,34-,35?,36-,38?,39+,40-,41+,42-,43+,45?,46+/m0/s1. The van der Waals surface area contributed by atoms with Crippen LogP contribution in [0.5, 0.6) is 0 Å². The molecule has 1 aliphatic carbocycles. The van der Waals surface area contributed by atoms with Crippen LogP contribution in [0.3, 0.4) is 0 Å². The Balaban J connectivity index is 1.19. The summed E-state index contributed by atoms with van der Waals surface area (Å²) in [6.07, 6.45) is 11.0. The predicted molar refractivity (Wildman–Crippen MR) is 219 cm³/mol. The lowest BCUT2D eigenvalue weighted by Crippen LogP contribution is -2.58. The molecule has 2 bridgehead atoms. The summed E-state index contributed by atoms with van der Waals surface area (Å²) in [6.45, 7) is 14.3. The highest BCUT2D eigenvalue weighted by atomic mass is 16.7. The number of ether oxygens (including phenoxy) is 8. The Bertz CT molecular complexity index is 1790. The third-order valence-corrected chi connectivity index (χ3v) is 13.8. The first-order chi connectivity index (χ1) is 28.6. The molecular weight excluding hydrogens is 773 g/mol. The fourth-order valence-corrected chi connectivity index (χ4v) is 10.1. The molecule has 1 spiro atoms. The highest BCUT2D eigenvalue weighted by molar-refractivity contribution is 5.78. The van der Waals surface area contributed by atoms with Crippen LogP contribution in [0.1, 0.15) is 93.4 Å². The number of esters is 2. The maximum atomic E-state index is 14.3. The first-order valence-corrected chi connectivity index (χ1v) is 22.0. The molecule has 14 heteroatoms. The Hall–Kier alpha value is -3.21. The number of fused-ring (bicyclic) bond motifs is 2. The molecule has 14 nitrogen and oxygen atoms in total. The van der Waals surface area contributed by atoms with E-state index in [0.717, 1.165) is 18.4 Å². The second kappa shape index (κ2) is 18.6. The van der Waals surface area contributed by atoms with Crippen LogP contribution in [0.2, 0.25) is 0 Å². The molecule has 4 fully saturated rings. The van der Waals surface area contributed by atoms with E-state index >= 15 is 0 Å². The quantitative estimate of drug-likeness (QED) is 0.249. The van der Waals surface area contributed by atoms with Gasteiger partial charge in [0, 0.05) is 51.1 Å². The fraction of sp³-hybridized carbons (Fsp3) is 0.717. The van der Waals surface area contributed by atoms with Gasteiger partial charge in [-0.25, -0.2) is 0 Å². The molecular formula is C46H66N2O12. The Morgan fingerprint density at radius 1 is 1.13 bits per heavy atom. The summed E-state index contributed by atoms with van der Waals surface area (Å²) in [5.41, 5.74) is 0.145. The van der Waals surface area contributed by atoms with Crippen LogP contribution in [0, 0.1) is 23.7 Å². The van der Waals surface area contributed by atoms with Gasteiger partial charge in [0.05, 0.1) is 31.0 Å². The molecule has 6 heterocycles. The molecule has 60 heavy (non-hydrogen) atoms. The minimum atomic E-state index is -1.83. The van der Waals surface area contributed by atoms with Crippen molar-refractivity contribution >= 4 is 11.9 Å². The number of hydrogen-bond donors (Lipinski definition) is 2. The Labute approximate surface area is 354 Å². The Kier molecular flexibility index (Phi) is 13.9. The van der Waals surface area contributed by atoms with Crippen LogP contribution in [-0.4, -0.2) is 118 Å². The topological polar surface area (TPSA) is 166 Å². The smallest absolute Gasteiger partial charge is 0.328 e. The molecule has 0 radical (unpaired) electrons. The van der Waals surface area contributed by atoms with Gasteiger partial charge in [-0.05, 0) is 68.2 Å². The van der Waals surface area contributed by atoms with Crippen molar-refractivity contribution < 1.29 is 57.7 Å². The highest BCUT2D eigenvalue weighted by Gasteiger charge is 2.60. The summed E-state index contributed by atoms with van der Waals surface area (Å²) < 4.78 is 52.8. The van der Waals surface area contributed by atoms with Crippen LogP contribution >= 0.6 is 0 Å². The van der Waals surface area contributed by atoms with Gasteiger partial charge in [-0.15, -0.1) is 0 Å². The van der Waals surface area contributed by atoms with Gasteiger partial charge in [0.15, 0.2) is 18.2 Å². The van der Waals surface area contributed by atoms with Crippen molar-refractivity contribution in [1.29, 1.82) is 0 Å². The molecule has 0 amide bonds. The molecule has 6 aliphatic rings. The zero-order valence-corrected chi connectivity index (χ0v) is 36.4. The third kappa shape index (κ3) is 9.27. The number of rotatable bonds is 8. The van der Waals surface area contributed by atoms with Crippen molar-refractivity contribution in [2.45, 2.75) is 173 Å². The van der Waals surface area contributed by atoms with E-state index in [0.29, 0.717) is 55.1 Å². The lowest BCUT2D eigenvalue weighted by molar-refractivity contribution is -0.340. The monoisotopic (exact) mass is 838 g/mol. The van der Waals surface area contributed by atoms with Gasteiger partial charge in [-0.2, -0.15) is 5.10 Å². The number of allylic oxidation sites excluding steroid dienone is 2. The van der Waals surface area contributed by atoms with Gasteiger partial charge in [0.25, 0.3) is 0 Å². The Morgan fingerprint density at radius 2 is 1.93 bits per heavy atom. The van der Waals surface area contributed by atoms with Crippen molar-refractivity contribution in [3.05, 3.63) is 65.6 Å². The van der Waals surface area contributed by atoms with E-state index in [2.05, 4.69) is 31.9 Å². The first kappa shape index (κ1) is 44.8. The maximum Gasteiger partial charge on any atom is 0.328 e. The largest absolute Gasteiger partial charge is 0.462 e. The van der Waals surface area contributed by atoms with E-state index in [1.165, 1.54) is 4.68 Å². The summed E-state index contributed by atoms with van der Waals surface area (Å²) in [4.78, 5) is 27.2. The number of aliphatic hydroxyl groups excluding tert-OH is 1. The SMILES string of the molecule is CCC(C)[C@H]1OC2(CC[C@@H]1C)C[C@@H]1C[C@@H](C/C=C(\C)[C@@H](OC3C[C@H](OC)[C@@H](OC(=O)Cn4cccn4)[C@H](C)O3)[C@@H](C)/C=C/C=C3\CO[C@@H]4[C@H](O)C(C)=CC(C(=O)O1)[C@]34O)O2. The minimum Gasteiger partial charge on any atom is -0.462 e. The molecule has 7 rings (SSSR count). The average molecular weight is 839 g/mol. The van der Waals surface area contributed by atoms with Crippen LogP contribution in [0.4, 0.5) is 0 Å². The second-order valence-corrected chi connectivity index (χ2v) is 18.1. The number of aliphatic hydroxyl groups is 2. The Morgan fingerprint density at radius 3 is 2.67 bits per heavy atom. The van der Waals surface area contributed by atoms with E-state index < -0.39 is 78.3 Å². The lowest BCUT2D eigenvalue weighted by Gasteiger charge is -2.51. The summed E-state index contributed by atoms with van der Waals surface area (Å²) in [7, 11) is 1.59. The van der Waals surface area contributed by atoms with E-state index in [1.54, 1.807) is 44.6 Å². The first-order valence-electron chi connectivity index (χ1n) is 22.0. The van der Waals surface area contributed by atoms with Gasteiger partial charge >= 0.3 is 11.9 Å². The molecule has 332 valence electrons. The summed E-state index contributed by atoms with van der Waals surface area (Å²) >= 11 is 0. The number of methoxy groups -OCH3 is 1. The van der Waals surface area contributed by atoms with Crippen molar-refractivity contribution in [2.75, 3.05) is 13.7 Å². The molecule has 0 saturated carbocycles. The summed E-state index contributed by atoms with van der Waals surface area (Å²) in [5.74, 6) is -2.58. The van der Waals surface area contributed by atoms with E-state index in [1.807, 2.05) is 32.9 Å². The third-order valence-electron chi connectivity index (χ3n) is 13.8.